The number of hydrogen-bond donors (Lipinski definition) is 2. The standard InChI is InChI=1S/C3F8.H2O4S/c4-1(5,2(6,7)8)3(9,10)11;1-5(2,3)4/h;(H2,1,2,3,4). The monoisotopic (exact) mass is 286 g/mol. The third-order valence-corrected chi connectivity index (χ3v) is 0.712. The predicted octanol–water partition coefficient (Wildman–Crippen LogP) is 2.09. The molecule has 0 aliphatic heterocycles. The first kappa shape index (κ1) is 17.7. The van der Waals surface area contributed by atoms with E-state index in [9.17, 15) is 35.1 Å². The van der Waals surface area contributed by atoms with E-state index in [4.69, 9.17) is 17.5 Å². The van der Waals surface area contributed by atoms with Crippen molar-refractivity contribution in [2.24, 2.45) is 0 Å². The van der Waals surface area contributed by atoms with Crippen molar-refractivity contribution in [3.05, 3.63) is 0 Å². The molecule has 0 aromatic heterocycles. The lowest BCUT2D eigenvalue weighted by atomic mass is 10.3. The van der Waals surface area contributed by atoms with Gasteiger partial charge < -0.3 is 0 Å². The molecule has 0 rings (SSSR count). The fraction of sp³-hybridized carbons (Fsp3) is 1.00. The highest BCUT2D eigenvalue weighted by atomic mass is 32.3. The van der Waals surface area contributed by atoms with Crippen molar-refractivity contribution in [3.8, 4) is 0 Å². The zero-order valence-electron chi connectivity index (χ0n) is 6.64. The summed E-state index contributed by atoms with van der Waals surface area (Å²) in [6.07, 6.45) is -13.2. The second-order valence-corrected chi connectivity index (χ2v) is 2.91. The van der Waals surface area contributed by atoms with Crippen LogP contribution in [0, 0.1) is 0 Å². The molecule has 0 atom stereocenters. The number of alkyl halides is 8. The predicted molar refractivity (Wildman–Crippen MR) is 31.2 cm³/mol. The molecule has 0 aromatic rings. The summed E-state index contributed by atoms with van der Waals surface area (Å²) < 4.78 is 119. The summed E-state index contributed by atoms with van der Waals surface area (Å²) in [7, 11) is -4.67. The molecule has 0 aliphatic carbocycles. The van der Waals surface area contributed by atoms with Crippen LogP contribution >= 0.6 is 0 Å². The summed E-state index contributed by atoms with van der Waals surface area (Å²) in [6, 6.07) is 0. The van der Waals surface area contributed by atoms with E-state index in [0.29, 0.717) is 0 Å². The molecule has 0 bridgehead atoms. The van der Waals surface area contributed by atoms with Crippen molar-refractivity contribution >= 4 is 10.4 Å². The molecule has 13 heteroatoms. The highest BCUT2D eigenvalue weighted by Gasteiger charge is 2.74. The van der Waals surface area contributed by atoms with E-state index in [1.165, 1.54) is 0 Å². The van der Waals surface area contributed by atoms with Crippen molar-refractivity contribution in [3.63, 3.8) is 0 Å². The summed E-state index contributed by atoms with van der Waals surface area (Å²) in [5.74, 6) is -6.62. The normalized spacial score (nSPS) is 14.1. The van der Waals surface area contributed by atoms with E-state index in [0.717, 1.165) is 0 Å². The Balaban J connectivity index is 0. The van der Waals surface area contributed by atoms with E-state index in [1.54, 1.807) is 0 Å². The number of rotatable bonds is 0. The van der Waals surface area contributed by atoms with Crippen LogP contribution < -0.4 is 0 Å². The van der Waals surface area contributed by atoms with Gasteiger partial charge in [-0.25, -0.2) is 0 Å². The largest absolute Gasteiger partial charge is 0.463 e. The summed E-state index contributed by atoms with van der Waals surface area (Å²) in [5.41, 5.74) is 0. The lowest BCUT2D eigenvalue weighted by Crippen LogP contribution is -2.49. The van der Waals surface area contributed by atoms with Gasteiger partial charge in [0, 0.05) is 0 Å². The molecule has 0 fully saturated rings. The summed E-state index contributed by atoms with van der Waals surface area (Å²) in [6.45, 7) is 0. The lowest BCUT2D eigenvalue weighted by Gasteiger charge is -2.21. The first-order chi connectivity index (χ1) is 6.50. The fourth-order valence-corrected chi connectivity index (χ4v) is 0.161. The van der Waals surface area contributed by atoms with Crippen LogP contribution in [0.5, 0.6) is 0 Å². The summed E-state index contributed by atoms with van der Waals surface area (Å²) >= 11 is 0. The van der Waals surface area contributed by atoms with Gasteiger partial charge in [0.2, 0.25) is 0 Å². The SMILES string of the molecule is FC(F)(F)C(F)(F)C(F)(F)F.O=S(=O)(O)O. The zero-order chi connectivity index (χ0) is 14.0. The van der Waals surface area contributed by atoms with E-state index in [2.05, 4.69) is 0 Å². The molecule has 0 spiro atoms. The molecule has 0 heterocycles. The molecule has 0 aliphatic rings. The summed E-state index contributed by atoms with van der Waals surface area (Å²) in [4.78, 5) is 0. The van der Waals surface area contributed by atoms with Gasteiger partial charge >= 0.3 is 28.7 Å². The van der Waals surface area contributed by atoms with Crippen LogP contribution in [0.4, 0.5) is 35.1 Å². The van der Waals surface area contributed by atoms with Crippen LogP contribution in [-0.2, 0) is 10.4 Å². The Hall–Kier alpha value is -0.690. The van der Waals surface area contributed by atoms with Crippen molar-refractivity contribution in [1.82, 2.24) is 0 Å². The Morgan fingerprint density at radius 2 is 0.812 bits per heavy atom. The van der Waals surface area contributed by atoms with Gasteiger partial charge in [0.25, 0.3) is 0 Å². The smallest absolute Gasteiger partial charge is 0.264 e. The highest BCUT2D eigenvalue weighted by molar-refractivity contribution is 7.79. The van der Waals surface area contributed by atoms with Gasteiger partial charge in [0.1, 0.15) is 0 Å². The van der Waals surface area contributed by atoms with Gasteiger partial charge in [-0.1, -0.05) is 0 Å². The first-order valence-electron chi connectivity index (χ1n) is 2.71. The molecule has 0 aromatic carbocycles. The molecule has 0 saturated heterocycles. The Kier molecular flexibility index (Phi) is 5.16. The van der Waals surface area contributed by atoms with Crippen molar-refractivity contribution in [2.75, 3.05) is 0 Å². The van der Waals surface area contributed by atoms with Crippen LogP contribution in [-0.4, -0.2) is 35.8 Å². The summed E-state index contributed by atoms with van der Waals surface area (Å²) in [5, 5.41) is 0. The van der Waals surface area contributed by atoms with Gasteiger partial charge in [0.15, 0.2) is 0 Å². The van der Waals surface area contributed by atoms with Crippen LogP contribution in [0.3, 0.4) is 0 Å². The van der Waals surface area contributed by atoms with E-state index >= 15 is 0 Å². The molecule has 0 amide bonds. The van der Waals surface area contributed by atoms with E-state index in [1.807, 2.05) is 0 Å². The van der Waals surface area contributed by atoms with Crippen molar-refractivity contribution < 1.29 is 52.6 Å². The van der Waals surface area contributed by atoms with Crippen LogP contribution in [0.15, 0.2) is 0 Å². The highest BCUT2D eigenvalue weighted by Crippen LogP contribution is 2.46. The Bertz CT molecular complexity index is 287. The number of halogens is 8. The molecule has 2 N–H and O–H groups in total. The average molecular weight is 286 g/mol. The number of hydrogen-bond acceptors (Lipinski definition) is 2. The van der Waals surface area contributed by atoms with Gasteiger partial charge in [-0.3, -0.25) is 9.11 Å². The molecule has 4 nitrogen and oxygen atoms in total. The Morgan fingerprint density at radius 3 is 0.812 bits per heavy atom. The minimum atomic E-state index is -6.62. The second-order valence-electron chi connectivity index (χ2n) is 2.02. The second kappa shape index (κ2) is 4.67. The van der Waals surface area contributed by atoms with Gasteiger partial charge in [-0.05, 0) is 0 Å². The molecule has 0 radical (unpaired) electrons. The Morgan fingerprint density at radius 1 is 0.688 bits per heavy atom. The van der Waals surface area contributed by atoms with Crippen LogP contribution in [0.25, 0.3) is 0 Å². The molecule has 0 saturated carbocycles. The maximum absolute atomic E-state index is 11.2. The van der Waals surface area contributed by atoms with Crippen LogP contribution in [0.1, 0.15) is 0 Å². The van der Waals surface area contributed by atoms with Gasteiger partial charge in [-0.15, -0.1) is 0 Å². The molecule has 0 unspecified atom stereocenters. The van der Waals surface area contributed by atoms with Gasteiger partial charge in [-0.2, -0.15) is 43.5 Å². The average Bonchev–Trinajstić information content (AvgIpc) is 1.76. The van der Waals surface area contributed by atoms with E-state index in [-0.39, 0.29) is 0 Å². The van der Waals surface area contributed by atoms with Gasteiger partial charge in [0.05, 0.1) is 0 Å². The maximum Gasteiger partial charge on any atom is 0.463 e. The third kappa shape index (κ3) is 6.73. The lowest BCUT2D eigenvalue weighted by molar-refractivity contribution is -0.389. The quantitative estimate of drug-likeness (QED) is 0.528. The van der Waals surface area contributed by atoms with E-state index < -0.39 is 28.7 Å². The molecular formula is C3H2F8O4S. The fourth-order valence-electron chi connectivity index (χ4n) is 0.161. The van der Waals surface area contributed by atoms with Crippen molar-refractivity contribution in [2.45, 2.75) is 18.3 Å². The topological polar surface area (TPSA) is 74.6 Å². The molecular weight excluding hydrogens is 284 g/mol. The first-order valence-corrected chi connectivity index (χ1v) is 4.11. The Labute approximate surface area is 82.4 Å². The molecule has 100 valence electrons. The molecule has 16 heavy (non-hydrogen) atoms. The minimum absolute atomic E-state index is 4.67. The third-order valence-electron chi connectivity index (χ3n) is 0.712. The minimum Gasteiger partial charge on any atom is -0.264 e. The zero-order valence-corrected chi connectivity index (χ0v) is 7.46. The van der Waals surface area contributed by atoms with Crippen LogP contribution in [0.2, 0.25) is 0 Å². The maximum atomic E-state index is 11.2. The van der Waals surface area contributed by atoms with Crippen molar-refractivity contribution in [1.29, 1.82) is 0 Å².